The molecule has 0 spiro atoms. The van der Waals surface area contributed by atoms with E-state index in [4.69, 9.17) is 10.9 Å². The number of sulfonamides is 1. The molecule has 0 atom stereocenters. The molecular weight excluding hydrogens is 200 g/mol. The molecule has 1 aliphatic rings. The minimum atomic E-state index is -3.58. The fourth-order valence-electron chi connectivity index (χ4n) is 1.21. The number of hydrogen-bond donors (Lipinski definition) is 2. The predicted octanol–water partition coefficient (Wildman–Crippen LogP) is 0.394. The maximum atomic E-state index is 11.0. The third-order valence-electron chi connectivity index (χ3n) is 1.92. The van der Waals surface area contributed by atoms with Gasteiger partial charge in [0.1, 0.15) is 0 Å². The zero-order valence-electron chi connectivity index (χ0n) is 7.81. The van der Waals surface area contributed by atoms with Crippen LogP contribution < -0.4 is 10.9 Å². The summed E-state index contributed by atoms with van der Waals surface area (Å²) in [6, 6.07) is 0. The highest BCUT2D eigenvalue weighted by molar-refractivity contribution is 7.93. The summed E-state index contributed by atoms with van der Waals surface area (Å²) in [6.07, 6.45) is 8.13. The van der Waals surface area contributed by atoms with Crippen molar-refractivity contribution in [3.05, 3.63) is 34.8 Å². The summed E-state index contributed by atoms with van der Waals surface area (Å²) in [7, 11) is -3.58. The summed E-state index contributed by atoms with van der Waals surface area (Å²) in [5.74, 6) is 0. The molecule has 0 fully saturated rings. The number of rotatable bonds is 3. The zero-order chi connectivity index (χ0) is 10.6. The van der Waals surface area contributed by atoms with Crippen LogP contribution in [0.4, 0.5) is 0 Å². The fraction of sp³-hybridized carbons (Fsp3) is 0.333. The zero-order valence-corrected chi connectivity index (χ0v) is 8.63. The van der Waals surface area contributed by atoms with Crippen LogP contribution in [0.2, 0.25) is 0 Å². The van der Waals surface area contributed by atoms with Gasteiger partial charge in [0.2, 0.25) is 10.0 Å². The van der Waals surface area contributed by atoms with Crippen molar-refractivity contribution >= 4 is 10.0 Å². The van der Waals surface area contributed by atoms with Gasteiger partial charge in [0.05, 0.1) is 4.91 Å². The van der Waals surface area contributed by atoms with Gasteiger partial charge in [-0.3, -0.25) is 0 Å². The van der Waals surface area contributed by atoms with Crippen LogP contribution >= 0.6 is 0 Å². The van der Waals surface area contributed by atoms with Crippen molar-refractivity contribution in [2.24, 2.45) is 10.9 Å². The third kappa shape index (κ3) is 3.10. The minimum Gasteiger partial charge on any atom is -0.330 e. The summed E-state index contributed by atoms with van der Waals surface area (Å²) < 4.78 is 22.0. The van der Waals surface area contributed by atoms with E-state index in [0.717, 1.165) is 12.0 Å². The van der Waals surface area contributed by atoms with Gasteiger partial charge in [0, 0.05) is 0 Å². The first-order chi connectivity index (χ1) is 6.54. The van der Waals surface area contributed by atoms with Crippen molar-refractivity contribution in [1.29, 1.82) is 0 Å². The first-order valence-electron chi connectivity index (χ1n) is 4.34. The fourth-order valence-corrected chi connectivity index (χ4v) is 1.80. The Morgan fingerprint density at radius 1 is 1.29 bits per heavy atom. The Hall–Kier alpha value is -0.910. The van der Waals surface area contributed by atoms with Gasteiger partial charge < -0.3 is 5.73 Å². The Kier molecular flexibility index (Phi) is 3.62. The van der Waals surface area contributed by atoms with Crippen LogP contribution in [-0.4, -0.2) is 15.0 Å². The van der Waals surface area contributed by atoms with Crippen LogP contribution in [0, 0.1) is 0 Å². The van der Waals surface area contributed by atoms with E-state index in [1.807, 2.05) is 6.08 Å². The molecule has 0 aromatic heterocycles. The molecule has 0 heterocycles. The van der Waals surface area contributed by atoms with Crippen LogP contribution in [0.15, 0.2) is 34.8 Å². The maximum absolute atomic E-state index is 11.0. The molecule has 5 heteroatoms. The van der Waals surface area contributed by atoms with E-state index >= 15 is 0 Å². The molecule has 0 saturated carbocycles. The quantitative estimate of drug-likeness (QED) is 0.712. The maximum Gasteiger partial charge on any atom is 0.237 e. The van der Waals surface area contributed by atoms with Crippen molar-refractivity contribution in [1.82, 2.24) is 0 Å². The van der Waals surface area contributed by atoms with E-state index in [9.17, 15) is 8.42 Å². The van der Waals surface area contributed by atoms with Gasteiger partial charge in [-0.1, -0.05) is 23.8 Å². The molecule has 0 unspecified atom stereocenters. The number of allylic oxidation sites excluding steroid dienone is 4. The van der Waals surface area contributed by atoms with E-state index in [1.54, 1.807) is 12.2 Å². The van der Waals surface area contributed by atoms with Crippen LogP contribution in [-0.2, 0) is 10.0 Å². The summed E-state index contributed by atoms with van der Waals surface area (Å²) >= 11 is 0. The molecule has 0 bridgehead atoms. The molecule has 1 rings (SSSR count). The second kappa shape index (κ2) is 4.54. The Balaban J connectivity index is 2.83. The topological polar surface area (TPSA) is 86.2 Å². The van der Waals surface area contributed by atoms with Crippen LogP contribution in [0.25, 0.3) is 0 Å². The standard InChI is InChI=1S/C9H14N2O2S/c10-7-6-8-2-1-3-9(5-4-8)14(11,12)13/h2-5H,1,6-7,10H2,(H2,11,12,13). The first kappa shape index (κ1) is 11.2. The van der Waals surface area contributed by atoms with Crippen molar-refractivity contribution in [3.63, 3.8) is 0 Å². The first-order valence-corrected chi connectivity index (χ1v) is 5.89. The van der Waals surface area contributed by atoms with Crippen LogP contribution in [0.1, 0.15) is 12.8 Å². The molecule has 0 amide bonds. The van der Waals surface area contributed by atoms with Crippen molar-refractivity contribution in [2.75, 3.05) is 6.54 Å². The van der Waals surface area contributed by atoms with E-state index in [0.29, 0.717) is 13.0 Å². The molecule has 4 N–H and O–H groups in total. The van der Waals surface area contributed by atoms with Gasteiger partial charge >= 0.3 is 0 Å². The average molecular weight is 214 g/mol. The summed E-state index contributed by atoms with van der Waals surface area (Å²) in [4.78, 5) is 0.167. The third-order valence-corrected chi connectivity index (χ3v) is 2.88. The number of nitrogens with two attached hydrogens (primary N) is 2. The Morgan fingerprint density at radius 2 is 2.00 bits per heavy atom. The highest BCUT2D eigenvalue weighted by Gasteiger charge is 2.09. The monoisotopic (exact) mass is 214 g/mol. The van der Waals surface area contributed by atoms with E-state index in [2.05, 4.69) is 0 Å². The lowest BCUT2D eigenvalue weighted by atomic mass is 10.1. The Bertz CT molecular complexity index is 391. The lowest BCUT2D eigenvalue weighted by molar-refractivity contribution is 0.604. The Morgan fingerprint density at radius 3 is 2.57 bits per heavy atom. The van der Waals surface area contributed by atoms with Gasteiger partial charge in [-0.25, -0.2) is 13.6 Å². The van der Waals surface area contributed by atoms with Gasteiger partial charge in [-0.15, -0.1) is 0 Å². The van der Waals surface area contributed by atoms with Crippen molar-refractivity contribution in [3.8, 4) is 0 Å². The molecule has 0 aromatic carbocycles. The lowest BCUT2D eigenvalue weighted by Crippen LogP contribution is -2.13. The highest BCUT2D eigenvalue weighted by Crippen LogP contribution is 2.15. The molecule has 0 radical (unpaired) electrons. The van der Waals surface area contributed by atoms with Crippen molar-refractivity contribution in [2.45, 2.75) is 12.8 Å². The SMILES string of the molecule is NCCC1=CCC=C(S(N)(=O)=O)C=C1. The van der Waals surface area contributed by atoms with Gasteiger partial charge in [-0.05, 0) is 25.5 Å². The number of hydrogen-bond acceptors (Lipinski definition) is 3. The number of primary sulfonamides is 1. The normalized spacial score (nSPS) is 17.3. The minimum absolute atomic E-state index is 0.167. The average Bonchev–Trinajstić information content (AvgIpc) is 2.29. The summed E-state index contributed by atoms with van der Waals surface area (Å²) in [6.45, 7) is 0.556. The smallest absolute Gasteiger partial charge is 0.237 e. The van der Waals surface area contributed by atoms with E-state index in [1.165, 1.54) is 6.08 Å². The second-order valence-electron chi connectivity index (χ2n) is 3.04. The molecule has 4 nitrogen and oxygen atoms in total. The summed E-state index contributed by atoms with van der Waals surface area (Å²) in [5, 5.41) is 5.00. The molecule has 0 aliphatic heterocycles. The lowest BCUT2D eigenvalue weighted by Gasteiger charge is -1.96. The van der Waals surface area contributed by atoms with Crippen LogP contribution in [0.5, 0.6) is 0 Å². The molecule has 0 aromatic rings. The molecule has 14 heavy (non-hydrogen) atoms. The molecular formula is C9H14N2O2S. The molecule has 78 valence electrons. The largest absolute Gasteiger partial charge is 0.330 e. The molecule has 0 saturated heterocycles. The van der Waals surface area contributed by atoms with E-state index in [-0.39, 0.29) is 4.91 Å². The second-order valence-corrected chi connectivity index (χ2v) is 4.60. The predicted molar refractivity (Wildman–Crippen MR) is 56.7 cm³/mol. The molecule has 1 aliphatic carbocycles. The van der Waals surface area contributed by atoms with Gasteiger partial charge in [-0.2, -0.15) is 0 Å². The van der Waals surface area contributed by atoms with Gasteiger partial charge in [0.25, 0.3) is 0 Å². The Labute approximate surface area is 84.0 Å². The van der Waals surface area contributed by atoms with E-state index < -0.39 is 10.0 Å². The summed E-state index contributed by atoms with van der Waals surface area (Å²) in [5.41, 5.74) is 6.44. The highest BCUT2D eigenvalue weighted by atomic mass is 32.2. The van der Waals surface area contributed by atoms with Crippen LogP contribution in [0.3, 0.4) is 0 Å². The van der Waals surface area contributed by atoms with Crippen molar-refractivity contribution < 1.29 is 8.42 Å². The van der Waals surface area contributed by atoms with Gasteiger partial charge in [0.15, 0.2) is 0 Å².